The third-order valence-corrected chi connectivity index (χ3v) is 4.32. The monoisotopic (exact) mass is 314 g/mol. The predicted molar refractivity (Wildman–Crippen MR) is 83.5 cm³/mol. The Kier molecular flexibility index (Phi) is 6.64. The molecule has 2 amide bonds. The minimum Gasteiger partial charge on any atom is -0.478 e. The van der Waals surface area contributed by atoms with Gasteiger partial charge in [-0.25, -0.2) is 9.59 Å². The van der Waals surface area contributed by atoms with Gasteiger partial charge in [0.15, 0.2) is 0 Å². The van der Waals surface area contributed by atoms with Gasteiger partial charge in [0.2, 0.25) is 0 Å². The molecule has 0 unspecified atom stereocenters. The highest BCUT2D eigenvalue weighted by atomic mass is 32.1. The highest BCUT2D eigenvalue weighted by molar-refractivity contribution is 7.16. The topological polar surface area (TPSA) is 78.9 Å². The van der Waals surface area contributed by atoms with Crippen molar-refractivity contribution in [1.82, 2.24) is 4.90 Å². The van der Waals surface area contributed by atoms with E-state index in [1.807, 2.05) is 20.8 Å². The van der Waals surface area contributed by atoms with Gasteiger partial charge >= 0.3 is 12.0 Å². The number of thiophene rings is 1. The number of aromatic carboxylic acids is 1. The molecule has 21 heavy (non-hydrogen) atoms. The number of hydrogen-bond donors (Lipinski definition) is 2. The van der Waals surface area contributed by atoms with Crippen molar-refractivity contribution in [3.63, 3.8) is 0 Å². The van der Waals surface area contributed by atoms with Gasteiger partial charge in [0, 0.05) is 24.6 Å². The lowest BCUT2D eigenvalue weighted by Gasteiger charge is -2.21. The number of aryl methyl sites for hydroxylation is 1. The molecule has 0 aliphatic carbocycles. The molecule has 0 aromatic carbocycles. The van der Waals surface area contributed by atoms with E-state index in [4.69, 9.17) is 4.74 Å². The third kappa shape index (κ3) is 4.44. The summed E-state index contributed by atoms with van der Waals surface area (Å²) in [6.07, 6.45) is 0. The van der Waals surface area contributed by atoms with E-state index in [9.17, 15) is 14.7 Å². The minimum atomic E-state index is -1.02. The number of amides is 2. The summed E-state index contributed by atoms with van der Waals surface area (Å²) in [7, 11) is 0. The first-order chi connectivity index (χ1) is 9.92. The summed E-state index contributed by atoms with van der Waals surface area (Å²) in [5.41, 5.74) is 0.867. The van der Waals surface area contributed by atoms with Gasteiger partial charge in [-0.15, -0.1) is 11.3 Å². The van der Waals surface area contributed by atoms with Gasteiger partial charge in [-0.3, -0.25) is 5.32 Å². The van der Waals surface area contributed by atoms with Crippen molar-refractivity contribution in [3.05, 3.63) is 16.0 Å². The van der Waals surface area contributed by atoms with Crippen molar-refractivity contribution in [3.8, 4) is 0 Å². The quantitative estimate of drug-likeness (QED) is 0.758. The van der Waals surface area contributed by atoms with Crippen LogP contribution in [0.5, 0.6) is 0 Å². The number of rotatable bonds is 7. The summed E-state index contributed by atoms with van der Waals surface area (Å²) in [6.45, 7) is 9.43. The molecule has 1 heterocycles. The number of hydrogen-bond acceptors (Lipinski definition) is 4. The average Bonchev–Trinajstić information content (AvgIpc) is 2.69. The van der Waals surface area contributed by atoms with Gasteiger partial charge < -0.3 is 14.7 Å². The van der Waals surface area contributed by atoms with Crippen LogP contribution in [0.25, 0.3) is 0 Å². The number of urea groups is 1. The highest BCUT2D eigenvalue weighted by Crippen LogP contribution is 2.32. The van der Waals surface area contributed by atoms with Crippen molar-refractivity contribution in [2.45, 2.75) is 27.7 Å². The zero-order valence-electron chi connectivity index (χ0n) is 12.9. The smallest absolute Gasteiger partial charge is 0.338 e. The Morgan fingerprint density at radius 1 is 1.33 bits per heavy atom. The number of carbonyl (C=O) groups excluding carboxylic acids is 1. The van der Waals surface area contributed by atoms with E-state index >= 15 is 0 Å². The zero-order chi connectivity index (χ0) is 16.0. The Labute approximate surface area is 128 Å². The first-order valence-corrected chi connectivity index (χ1v) is 7.70. The van der Waals surface area contributed by atoms with E-state index < -0.39 is 5.97 Å². The largest absolute Gasteiger partial charge is 0.478 e. The van der Waals surface area contributed by atoms with Crippen molar-refractivity contribution < 1.29 is 19.4 Å². The molecule has 0 aliphatic heterocycles. The first kappa shape index (κ1) is 17.5. The van der Waals surface area contributed by atoms with Crippen LogP contribution in [0.3, 0.4) is 0 Å². The Balaban J connectivity index is 2.82. The number of nitrogens with one attached hydrogen (secondary N) is 1. The second kappa shape index (κ2) is 7.99. The molecule has 118 valence electrons. The number of carboxylic acid groups (broad SMARTS) is 1. The van der Waals surface area contributed by atoms with E-state index in [0.29, 0.717) is 36.9 Å². The molecule has 2 N–H and O–H groups in total. The van der Waals surface area contributed by atoms with Gasteiger partial charge in [0.25, 0.3) is 0 Å². The Hall–Kier alpha value is -1.60. The molecule has 1 rings (SSSR count). The number of carbonyl (C=O) groups is 2. The first-order valence-electron chi connectivity index (χ1n) is 6.89. The lowest BCUT2D eigenvalue weighted by molar-refractivity contribution is 0.0697. The molecule has 0 saturated carbocycles. The molecule has 0 fully saturated rings. The van der Waals surface area contributed by atoms with Crippen molar-refractivity contribution >= 4 is 28.3 Å². The van der Waals surface area contributed by atoms with Crippen LogP contribution in [0.2, 0.25) is 0 Å². The van der Waals surface area contributed by atoms with Gasteiger partial charge in [-0.1, -0.05) is 0 Å². The van der Waals surface area contributed by atoms with Gasteiger partial charge in [-0.2, -0.15) is 0 Å². The fourth-order valence-corrected chi connectivity index (χ4v) is 2.91. The van der Waals surface area contributed by atoms with E-state index in [-0.39, 0.29) is 11.6 Å². The van der Waals surface area contributed by atoms with Crippen molar-refractivity contribution in [2.75, 3.05) is 31.6 Å². The van der Waals surface area contributed by atoms with E-state index in [0.717, 1.165) is 4.88 Å². The molecular weight excluding hydrogens is 292 g/mol. The van der Waals surface area contributed by atoms with Crippen LogP contribution in [0, 0.1) is 13.8 Å². The Morgan fingerprint density at radius 3 is 2.52 bits per heavy atom. The summed E-state index contributed by atoms with van der Waals surface area (Å²) in [4.78, 5) is 26.0. The highest BCUT2D eigenvalue weighted by Gasteiger charge is 2.21. The van der Waals surface area contributed by atoms with Crippen LogP contribution in [-0.2, 0) is 4.74 Å². The Bertz CT molecular complexity index is 513. The fourth-order valence-electron chi connectivity index (χ4n) is 1.87. The molecule has 0 atom stereocenters. The number of anilines is 1. The average molecular weight is 314 g/mol. The maximum Gasteiger partial charge on any atom is 0.338 e. The molecule has 7 heteroatoms. The normalized spacial score (nSPS) is 10.5. The SMILES string of the molecule is CCOCCN(CC)C(=O)Nc1sc(C)c(C)c1C(=O)O. The van der Waals surface area contributed by atoms with Crippen LogP contribution in [0.1, 0.15) is 34.6 Å². The second-order valence-corrected chi connectivity index (χ2v) is 5.72. The Morgan fingerprint density at radius 2 is 2.00 bits per heavy atom. The molecule has 6 nitrogen and oxygen atoms in total. The zero-order valence-corrected chi connectivity index (χ0v) is 13.7. The summed E-state index contributed by atoms with van der Waals surface area (Å²) in [6, 6.07) is -0.305. The standard InChI is InChI=1S/C14H22N2O4S/c1-5-16(7-8-20-6-2)14(19)15-12-11(13(17)18)9(3)10(4)21-12/h5-8H2,1-4H3,(H,15,19)(H,17,18). The van der Waals surface area contributed by atoms with Gasteiger partial charge in [0.1, 0.15) is 5.00 Å². The second-order valence-electron chi connectivity index (χ2n) is 4.50. The van der Waals surface area contributed by atoms with Crippen molar-refractivity contribution in [2.24, 2.45) is 0 Å². The molecular formula is C14H22N2O4S. The van der Waals surface area contributed by atoms with Crippen LogP contribution >= 0.6 is 11.3 Å². The van der Waals surface area contributed by atoms with E-state index in [1.54, 1.807) is 11.8 Å². The molecule has 1 aromatic heterocycles. The summed E-state index contributed by atoms with van der Waals surface area (Å²) < 4.78 is 5.24. The molecule has 0 aliphatic rings. The molecule has 1 aromatic rings. The number of nitrogens with zero attached hydrogens (tertiary/aromatic N) is 1. The lowest BCUT2D eigenvalue weighted by Crippen LogP contribution is -2.37. The summed E-state index contributed by atoms with van der Waals surface area (Å²) >= 11 is 1.28. The molecule has 0 bridgehead atoms. The number of carboxylic acids is 1. The lowest BCUT2D eigenvalue weighted by atomic mass is 10.1. The summed E-state index contributed by atoms with van der Waals surface area (Å²) in [5.74, 6) is -1.02. The fraction of sp³-hybridized carbons (Fsp3) is 0.571. The summed E-state index contributed by atoms with van der Waals surface area (Å²) in [5, 5.41) is 12.4. The molecule has 0 spiro atoms. The van der Waals surface area contributed by atoms with Crippen LogP contribution in [-0.4, -0.2) is 48.3 Å². The minimum absolute atomic E-state index is 0.173. The van der Waals surface area contributed by atoms with Crippen LogP contribution < -0.4 is 5.32 Å². The van der Waals surface area contributed by atoms with Gasteiger partial charge in [0.05, 0.1) is 12.2 Å². The molecule has 0 radical (unpaired) electrons. The van der Waals surface area contributed by atoms with Gasteiger partial charge in [-0.05, 0) is 33.3 Å². The molecule has 0 saturated heterocycles. The predicted octanol–water partition coefficient (Wildman–Crippen LogP) is 2.95. The van der Waals surface area contributed by atoms with Crippen molar-refractivity contribution in [1.29, 1.82) is 0 Å². The van der Waals surface area contributed by atoms with E-state index in [1.165, 1.54) is 11.3 Å². The number of likely N-dealkylation sites (N-methyl/N-ethyl adjacent to an activating group) is 1. The number of ether oxygens (including phenoxy) is 1. The maximum absolute atomic E-state index is 12.2. The third-order valence-electron chi connectivity index (χ3n) is 3.20. The van der Waals surface area contributed by atoms with Crippen LogP contribution in [0.15, 0.2) is 0 Å². The maximum atomic E-state index is 12.2. The van der Waals surface area contributed by atoms with E-state index in [2.05, 4.69) is 5.32 Å². The van der Waals surface area contributed by atoms with Crippen LogP contribution in [0.4, 0.5) is 9.80 Å².